The van der Waals surface area contributed by atoms with Gasteiger partial charge in [-0.05, 0) is 12.3 Å². The number of ether oxygens (including phenoxy) is 1. The molecule has 6 nitrogen and oxygen atoms in total. The van der Waals surface area contributed by atoms with Gasteiger partial charge in [-0.15, -0.1) is 24.0 Å². The van der Waals surface area contributed by atoms with Gasteiger partial charge in [0.25, 0.3) is 0 Å². The zero-order valence-corrected chi connectivity index (χ0v) is 14.7. The van der Waals surface area contributed by atoms with E-state index in [4.69, 9.17) is 9.26 Å². The monoisotopic (exact) mass is 396 g/mol. The molecule has 7 heteroatoms. The van der Waals surface area contributed by atoms with Crippen LogP contribution in [0.25, 0.3) is 0 Å². The fraction of sp³-hybridized carbons (Fsp3) is 0.692. The van der Waals surface area contributed by atoms with Crippen molar-refractivity contribution in [3.63, 3.8) is 0 Å². The standard InChI is InChI=1S/C13H24N4O2.HI/c1-11(2)10-18-7-4-6-15-13(14-3)16-9-12-5-8-19-17-12;/h5,8,11H,4,6-7,9-10H2,1-3H3,(H2,14,15,16);1H. The number of nitrogens with zero attached hydrogens (tertiary/aromatic N) is 2. The lowest BCUT2D eigenvalue weighted by atomic mass is 10.2. The lowest BCUT2D eigenvalue weighted by Crippen LogP contribution is -2.37. The van der Waals surface area contributed by atoms with Gasteiger partial charge in [-0.25, -0.2) is 0 Å². The van der Waals surface area contributed by atoms with Crippen LogP contribution >= 0.6 is 24.0 Å². The van der Waals surface area contributed by atoms with Crippen molar-refractivity contribution in [3.8, 4) is 0 Å². The fourth-order valence-electron chi connectivity index (χ4n) is 1.42. The highest BCUT2D eigenvalue weighted by Gasteiger charge is 2.00. The van der Waals surface area contributed by atoms with Crippen molar-refractivity contribution >= 4 is 29.9 Å². The molecule has 0 aromatic carbocycles. The molecule has 0 aliphatic heterocycles. The summed E-state index contributed by atoms with van der Waals surface area (Å²) in [5.74, 6) is 1.34. The van der Waals surface area contributed by atoms with Crippen molar-refractivity contribution < 1.29 is 9.26 Å². The zero-order valence-electron chi connectivity index (χ0n) is 12.4. The number of guanidine groups is 1. The van der Waals surface area contributed by atoms with Crippen molar-refractivity contribution in [2.75, 3.05) is 26.8 Å². The van der Waals surface area contributed by atoms with E-state index in [2.05, 4.69) is 34.6 Å². The van der Waals surface area contributed by atoms with E-state index >= 15 is 0 Å². The highest BCUT2D eigenvalue weighted by Crippen LogP contribution is 1.94. The smallest absolute Gasteiger partial charge is 0.191 e. The lowest BCUT2D eigenvalue weighted by Gasteiger charge is -2.11. The second-order valence-corrected chi connectivity index (χ2v) is 4.67. The van der Waals surface area contributed by atoms with Crippen LogP contribution in [-0.4, -0.2) is 37.9 Å². The Bertz CT molecular complexity index is 355. The van der Waals surface area contributed by atoms with Crippen molar-refractivity contribution in [1.82, 2.24) is 15.8 Å². The maximum absolute atomic E-state index is 5.51. The van der Waals surface area contributed by atoms with Crippen LogP contribution in [0.3, 0.4) is 0 Å². The molecular formula is C13H25IN4O2. The maximum atomic E-state index is 5.51. The number of aliphatic imine (C=N–C) groups is 1. The van der Waals surface area contributed by atoms with Gasteiger partial charge in [0, 0.05) is 32.9 Å². The van der Waals surface area contributed by atoms with Crippen LogP contribution in [-0.2, 0) is 11.3 Å². The molecule has 1 rings (SSSR count). The van der Waals surface area contributed by atoms with Crippen LogP contribution in [0, 0.1) is 5.92 Å². The Labute approximate surface area is 137 Å². The highest BCUT2D eigenvalue weighted by molar-refractivity contribution is 14.0. The minimum atomic E-state index is 0. The normalized spacial score (nSPS) is 11.3. The molecule has 0 bridgehead atoms. The Hall–Kier alpha value is -0.830. The van der Waals surface area contributed by atoms with Gasteiger partial charge in [0.15, 0.2) is 5.96 Å². The van der Waals surface area contributed by atoms with Crippen molar-refractivity contribution in [2.24, 2.45) is 10.9 Å². The van der Waals surface area contributed by atoms with Crippen LogP contribution in [0.4, 0.5) is 0 Å². The van der Waals surface area contributed by atoms with Crippen LogP contribution < -0.4 is 10.6 Å². The summed E-state index contributed by atoms with van der Waals surface area (Å²) in [5.41, 5.74) is 0.850. The van der Waals surface area contributed by atoms with Gasteiger partial charge in [-0.1, -0.05) is 19.0 Å². The lowest BCUT2D eigenvalue weighted by molar-refractivity contribution is 0.108. The van der Waals surface area contributed by atoms with E-state index < -0.39 is 0 Å². The van der Waals surface area contributed by atoms with Crippen molar-refractivity contribution in [1.29, 1.82) is 0 Å². The molecule has 0 radical (unpaired) electrons. The van der Waals surface area contributed by atoms with Gasteiger partial charge >= 0.3 is 0 Å². The summed E-state index contributed by atoms with van der Waals surface area (Å²) in [4.78, 5) is 4.13. The summed E-state index contributed by atoms with van der Waals surface area (Å²) < 4.78 is 10.3. The van der Waals surface area contributed by atoms with E-state index in [1.807, 2.05) is 6.07 Å². The van der Waals surface area contributed by atoms with Gasteiger partial charge in [-0.2, -0.15) is 0 Å². The van der Waals surface area contributed by atoms with Crippen LogP contribution in [0.15, 0.2) is 21.8 Å². The molecule has 1 aromatic heterocycles. The molecule has 2 N–H and O–H groups in total. The van der Waals surface area contributed by atoms with E-state index in [1.165, 1.54) is 0 Å². The van der Waals surface area contributed by atoms with Crippen molar-refractivity contribution in [3.05, 3.63) is 18.0 Å². The van der Waals surface area contributed by atoms with Crippen LogP contribution in [0.2, 0.25) is 0 Å². The van der Waals surface area contributed by atoms with Gasteiger partial charge < -0.3 is 19.9 Å². The Morgan fingerprint density at radius 2 is 2.25 bits per heavy atom. The van der Waals surface area contributed by atoms with Crippen LogP contribution in [0.5, 0.6) is 0 Å². The van der Waals surface area contributed by atoms with Crippen molar-refractivity contribution in [2.45, 2.75) is 26.8 Å². The Balaban J connectivity index is 0.00000361. The van der Waals surface area contributed by atoms with Gasteiger partial charge in [0.2, 0.25) is 0 Å². The summed E-state index contributed by atoms with van der Waals surface area (Å²) in [6, 6.07) is 1.82. The third-order valence-electron chi connectivity index (χ3n) is 2.36. The molecule has 116 valence electrons. The van der Waals surface area contributed by atoms with E-state index in [0.29, 0.717) is 12.5 Å². The fourth-order valence-corrected chi connectivity index (χ4v) is 1.42. The minimum absolute atomic E-state index is 0. The van der Waals surface area contributed by atoms with Gasteiger partial charge in [0.1, 0.15) is 12.0 Å². The quantitative estimate of drug-likeness (QED) is 0.305. The first-order chi connectivity index (χ1) is 9.22. The Morgan fingerprint density at radius 3 is 2.85 bits per heavy atom. The van der Waals surface area contributed by atoms with Crippen LogP contribution in [0.1, 0.15) is 26.0 Å². The van der Waals surface area contributed by atoms with E-state index in [-0.39, 0.29) is 24.0 Å². The first-order valence-electron chi connectivity index (χ1n) is 6.64. The molecule has 0 spiro atoms. The third-order valence-corrected chi connectivity index (χ3v) is 2.36. The number of nitrogens with one attached hydrogen (secondary N) is 2. The summed E-state index contributed by atoms with van der Waals surface area (Å²) in [7, 11) is 1.74. The number of halogens is 1. The molecule has 0 aliphatic rings. The molecule has 0 atom stereocenters. The van der Waals surface area contributed by atoms with E-state index in [9.17, 15) is 0 Å². The SMILES string of the molecule is CN=C(NCCCOCC(C)C)NCc1ccon1.I. The third kappa shape index (κ3) is 9.13. The Morgan fingerprint density at radius 1 is 1.45 bits per heavy atom. The largest absolute Gasteiger partial charge is 0.381 e. The minimum Gasteiger partial charge on any atom is -0.381 e. The number of hydrogen-bond donors (Lipinski definition) is 2. The van der Waals surface area contributed by atoms with Gasteiger partial charge in [-0.3, -0.25) is 4.99 Å². The second-order valence-electron chi connectivity index (χ2n) is 4.67. The highest BCUT2D eigenvalue weighted by atomic mass is 127. The number of rotatable bonds is 8. The molecule has 0 amide bonds. The summed E-state index contributed by atoms with van der Waals surface area (Å²) in [6.07, 6.45) is 2.51. The predicted octanol–water partition coefficient (Wildman–Crippen LogP) is 2.02. The number of hydrogen-bond acceptors (Lipinski definition) is 4. The van der Waals surface area contributed by atoms with Gasteiger partial charge in [0.05, 0.1) is 6.54 Å². The molecule has 20 heavy (non-hydrogen) atoms. The molecule has 0 saturated heterocycles. The predicted molar refractivity (Wildman–Crippen MR) is 90.4 cm³/mol. The molecule has 0 aliphatic carbocycles. The average Bonchev–Trinajstić information content (AvgIpc) is 2.90. The molecule has 0 unspecified atom stereocenters. The summed E-state index contributed by atoms with van der Waals surface area (Å²) in [6.45, 7) is 7.31. The molecule has 1 aromatic rings. The zero-order chi connectivity index (χ0) is 13.9. The van der Waals surface area contributed by atoms with E-state index in [0.717, 1.165) is 37.8 Å². The maximum Gasteiger partial charge on any atom is 0.191 e. The molecule has 0 saturated carbocycles. The summed E-state index contributed by atoms with van der Waals surface area (Å²) in [5, 5.41) is 10.2. The first kappa shape index (κ1) is 19.2. The molecule has 1 heterocycles. The molecule has 0 fully saturated rings. The topological polar surface area (TPSA) is 71.7 Å². The number of aromatic nitrogens is 1. The second kappa shape index (κ2) is 12.0. The Kier molecular flexibility index (Phi) is 11.5. The average molecular weight is 396 g/mol. The molecular weight excluding hydrogens is 371 g/mol. The first-order valence-corrected chi connectivity index (χ1v) is 6.64. The summed E-state index contributed by atoms with van der Waals surface area (Å²) >= 11 is 0. The van der Waals surface area contributed by atoms with E-state index in [1.54, 1.807) is 13.3 Å².